The number of carbonyl (C=O) groups is 1. The number of hydrogen-bond acceptors (Lipinski definition) is 3. The molecule has 4 heteroatoms. The van der Waals surface area contributed by atoms with Crippen molar-refractivity contribution in [2.24, 2.45) is 11.5 Å². The maximum Gasteiger partial charge on any atom is 0.237 e. The summed E-state index contributed by atoms with van der Waals surface area (Å²) in [7, 11) is 0. The van der Waals surface area contributed by atoms with E-state index < -0.39 is 5.54 Å². The molecule has 2 rings (SSSR count). The summed E-state index contributed by atoms with van der Waals surface area (Å²) in [5, 5.41) is 0. The number of nitrogens with two attached hydrogens (primary N) is 2. The normalized spacial score (nSPS) is 26.4. The third kappa shape index (κ3) is 2.73. The number of amides is 1. The minimum Gasteiger partial charge on any atom is -0.369 e. The van der Waals surface area contributed by atoms with Gasteiger partial charge in [-0.1, -0.05) is 12.1 Å². The van der Waals surface area contributed by atoms with Crippen LogP contribution in [-0.4, -0.2) is 24.0 Å². The van der Waals surface area contributed by atoms with Crippen LogP contribution in [-0.2, 0) is 4.79 Å². The zero-order valence-corrected chi connectivity index (χ0v) is 11.7. The smallest absolute Gasteiger partial charge is 0.237 e. The highest BCUT2D eigenvalue weighted by atomic mass is 16.1. The Bertz CT molecular complexity index is 474. The zero-order chi connectivity index (χ0) is 14.0. The van der Waals surface area contributed by atoms with Crippen molar-refractivity contribution in [3.05, 3.63) is 29.8 Å². The van der Waals surface area contributed by atoms with Crippen molar-refractivity contribution in [3.8, 4) is 0 Å². The number of rotatable bonds is 4. The summed E-state index contributed by atoms with van der Waals surface area (Å²) >= 11 is 0. The van der Waals surface area contributed by atoms with Crippen molar-refractivity contribution in [3.63, 3.8) is 0 Å². The molecule has 4 N–H and O–H groups in total. The van der Waals surface area contributed by atoms with Crippen LogP contribution in [0.25, 0.3) is 0 Å². The second-order valence-electron chi connectivity index (χ2n) is 5.54. The molecule has 2 unspecified atom stereocenters. The molecular formula is C15H23N3O. The molecule has 1 saturated carbocycles. The Labute approximate surface area is 114 Å². The minimum atomic E-state index is -0.831. The predicted octanol–water partition coefficient (Wildman–Crippen LogP) is 1.56. The van der Waals surface area contributed by atoms with Crippen LogP contribution < -0.4 is 16.4 Å². The van der Waals surface area contributed by atoms with E-state index in [1.807, 2.05) is 0 Å². The van der Waals surface area contributed by atoms with Gasteiger partial charge in [-0.05, 0) is 50.8 Å². The second kappa shape index (κ2) is 5.21. The summed E-state index contributed by atoms with van der Waals surface area (Å²) in [5.74, 6) is -0.379. The lowest BCUT2D eigenvalue weighted by molar-refractivity contribution is -0.122. The molecule has 0 aliphatic heterocycles. The number of nitrogens with zero attached hydrogens (tertiary/aromatic N) is 1. The maximum absolute atomic E-state index is 11.4. The predicted molar refractivity (Wildman–Crippen MR) is 78.0 cm³/mol. The lowest BCUT2D eigenvalue weighted by Crippen LogP contribution is -2.51. The maximum atomic E-state index is 11.4. The third-order valence-corrected chi connectivity index (χ3v) is 4.13. The minimum absolute atomic E-state index is 0.296. The molecule has 0 aromatic heterocycles. The van der Waals surface area contributed by atoms with Crippen molar-refractivity contribution in [1.82, 2.24) is 0 Å². The molecule has 1 aromatic carbocycles. The lowest BCUT2D eigenvalue weighted by Gasteiger charge is -2.31. The molecule has 0 heterocycles. The van der Waals surface area contributed by atoms with Crippen LogP contribution in [0.4, 0.5) is 5.69 Å². The molecule has 0 spiro atoms. The zero-order valence-electron chi connectivity index (χ0n) is 11.7. The van der Waals surface area contributed by atoms with Gasteiger partial charge in [0.15, 0.2) is 0 Å². The van der Waals surface area contributed by atoms with E-state index in [-0.39, 0.29) is 5.91 Å². The highest BCUT2D eigenvalue weighted by Gasteiger charge is 2.42. The van der Waals surface area contributed by atoms with Gasteiger partial charge in [0.05, 0.1) is 5.54 Å². The second-order valence-corrected chi connectivity index (χ2v) is 5.54. The third-order valence-electron chi connectivity index (χ3n) is 4.13. The van der Waals surface area contributed by atoms with E-state index in [0.29, 0.717) is 18.9 Å². The molecule has 19 heavy (non-hydrogen) atoms. The first-order chi connectivity index (χ1) is 8.96. The fraction of sp³-hybridized carbons (Fsp3) is 0.533. The van der Waals surface area contributed by atoms with E-state index in [0.717, 1.165) is 13.0 Å². The Morgan fingerprint density at radius 3 is 2.79 bits per heavy atom. The Morgan fingerprint density at radius 2 is 2.26 bits per heavy atom. The van der Waals surface area contributed by atoms with Crippen LogP contribution in [0, 0.1) is 6.92 Å². The van der Waals surface area contributed by atoms with Gasteiger partial charge in [-0.15, -0.1) is 0 Å². The summed E-state index contributed by atoms with van der Waals surface area (Å²) < 4.78 is 0. The molecule has 1 aliphatic rings. The summed E-state index contributed by atoms with van der Waals surface area (Å²) in [4.78, 5) is 13.8. The van der Waals surface area contributed by atoms with Gasteiger partial charge in [-0.2, -0.15) is 0 Å². The summed E-state index contributed by atoms with van der Waals surface area (Å²) in [6.07, 6.45) is 2.24. The summed E-state index contributed by atoms with van der Waals surface area (Å²) in [6.45, 7) is 5.12. The van der Waals surface area contributed by atoms with Crippen molar-refractivity contribution in [1.29, 1.82) is 0 Å². The Kier molecular flexibility index (Phi) is 3.80. The number of aryl methyl sites for hydroxylation is 1. The molecular weight excluding hydrogens is 238 g/mol. The van der Waals surface area contributed by atoms with Crippen LogP contribution in [0.1, 0.15) is 31.7 Å². The van der Waals surface area contributed by atoms with E-state index in [9.17, 15) is 4.79 Å². The van der Waals surface area contributed by atoms with Gasteiger partial charge in [0.1, 0.15) is 0 Å². The molecule has 2 atom stereocenters. The van der Waals surface area contributed by atoms with E-state index in [1.54, 1.807) is 0 Å². The highest BCUT2D eigenvalue weighted by Crippen LogP contribution is 2.33. The molecule has 4 nitrogen and oxygen atoms in total. The quantitative estimate of drug-likeness (QED) is 0.864. The SMILES string of the molecule is CCN(c1cccc(C)c1)C1CCC(N)(C(N)=O)C1. The number of primary amides is 1. The first-order valence-corrected chi connectivity index (χ1v) is 6.88. The van der Waals surface area contributed by atoms with E-state index >= 15 is 0 Å². The lowest BCUT2D eigenvalue weighted by atomic mass is 9.98. The number of carbonyl (C=O) groups excluding carboxylic acids is 1. The number of benzene rings is 1. The van der Waals surface area contributed by atoms with Gasteiger partial charge in [0.25, 0.3) is 0 Å². The Hall–Kier alpha value is -1.55. The molecule has 0 bridgehead atoms. The Morgan fingerprint density at radius 1 is 1.53 bits per heavy atom. The number of hydrogen-bond donors (Lipinski definition) is 2. The topological polar surface area (TPSA) is 72.3 Å². The molecule has 1 aliphatic carbocycles. The number of anilines is 1. The van der Waals surface area contributed by atoms with Crippen molar-refractivity contribution >= 4 is 11.6 Å². The standard InChI is InChI=1S/C15H23N3O/c1-3-18(12-6-4-5-11(2)9-12)13-7-8-15(17,10-13)14(16)19/h4-6,9,13H,3,7-8,10,17H2,1-2H3,(H2,16,19). The first-order valence-electron chi connectivity index (χ1n) is 6.88. The van der Waals surface area contributed by atoms with Crippen molar-refractivity contribution < 1.29 is 4.79 Å². The first kappa shape index (κ1) is 13.9. The average Bonchev–Trinajstić information content (AvgIpc) is 2.74. The largest absolute Gasteiger partial charge is 0.369 e. The van der Waals surface area contributed by atoms with Gasteiger partial charge < -0.3 is 16.4 Å². The summed E-state index contributed by atoms with van der Waals surface area (Å²) in [5.41, 5.74) is 13.1. The van der Waals surface area contributed by atoms with Gasteiger partial charge in [0, 0.05) is 18.3 Å². The van der Waals surface area contributed by atoms with Crippen LogP contribution in [0.2, 0.25) is 0 Å². The van der Waals surface area contributed by atoms with E-state index in [1.165, 1.54) is 11.3 Å². The fourth-order valence-corrected chi connectivity index (χ4v) is 3.00. The van der Waals surface area contributed by atoms with Crippen molar-refractivity contribution in [2.45, 2.75) is 44.7 Å². The average molecular weight is 261 g/mol. The van der Waals surface area contributed by atoms with Gasteiger partial charge in [-0.3, -0.25) is 4.79 Å². The van der Waals surface area contributed by atoms with Gasteiger partial charge in [0.2, 0.25) is 5.91 Å². The van der Waals surface area contributed by atoms with E-state index in [2.05, 4.69) is 43.0 Å². The van der Waals surface area contributed by atoms with Crippen LogP contribution in [0.3, 0.4) is 0 Å². The van der Waals surface area contributed by atoms with Gasteiger partial charge >= 0.3 is 0 Å². The Balaban J connectivity index is 2.18. The summed E-state index contributed by atoms with van der Waals surface area (Å²) in [6, 6.07) is 8.72. The molecule has 104 valence electrons. The molecule has 0 saturated heterocycles. The molecule has 1 aromatic rings. The fourth-order valence-electron chi connectivity index (χ4n) is 3.00. The van der Waals surface area contributed by atoms with Crippen molar-refractivity contribution in [2.75, 3.05) is 11.4 Å². The molecule has 1 amide bonds. The van der Waals surface area contributed by atoms with Crippen LogP contribution in [0.15, 0.2) is 24.3 Å². The van der Waals surface area contributed by atoms with Crippen LogP contribution >= 0.6 is 0 Å². The van der Waals surface area contributed by atoms with Crippen LogP contribution in [0.5, 0.6) is 0 Å². The molecule has 1 fully saturated rings. The van der Waals surface area contributed by atoms with E-state index in [4.69, 9.17) is 11.5 Å². The highest BCUT2D eigenvalue weighted by molar-refractivity contribution is 5.85. The monoisotopic (exact) mass is 261 g/mol. The molecule has 0 radical (unpaired) electrons. The van der Waals surface area contributed by atoms with Gasteiger partial charge in [-0.25, -0.2) is 0 Å².